The van der Waals surface area contributed by atoms with E-state index in [-0.39, 0.29) is 19.8 Å². The third-order valence-corrected chi connectivity index (χ3v) is 7.47. The Labute approximate surface area is 278 Å². The zero-order valence-electron chi connectivity index (χ0n) is 28.3. The molecule has 47 heavy (non-hydrogen) atoms. The van der Waals surface area contributed by atoms with Crippen molar-refractivity contribution < 1.29 is 55.2 Å². The molecule has 12 heteroatoms. The Morgan fingerprint density at radius 2 is 0.702 bits per heavy atom. The summed E-state index contributed by atoms with van der Waals surface area (Å²) in [7, 11) is 0. The lowest BCUT2D eigenvalue weighted by Gasteiger charge is -2.09. The van der Waals surface area contributed by atoms with Crippen LogP contribution >= 0.6 is 0 Å². The van der Waals surface area contributed by atoms with Gasteiger partial charge in [0, 0.05) is 6.61 Å². The van der Waals surface area contributed by atoms with Gasteiger partial charge in [0.05, 0.1) is 65.9 Å². The Morgan fingerprint density at radius 1 is 0.404 bits per heavy atom. The van der Waals surface area contributed by atoms with Gasteiger partial charge in [0.2, 0.25) is 34.8 Å². The molecule has 1 aromatic rings. The number of unbranched alkanes of at least 4 members (excludes halogenated alkanes) is 15. The lowest BCUT2D eigenvalue weighted by Crippen LogP contribution is -2.16. The van der Waals surface area contributed by atoms with Crippen LogP contribution in [0.15, 0.2) is 0 Å². The molecule has 1 aromatic carbocycles. The predicted molar refractivity (Wildman–Crippen MR) is 170 cm³/mol. The smallest absolute Gasteiger partial charge is 0.313 e. The molecule has 1 rings (SSSR count). The summed E-state index contributed by atoms with van der Waals surface area (Å²) in [4.78, 5) is 11.6. The number of halogens is 5. The van der Waals surface area contributed by atoms with Crippen molar-refractivity contribution in [2.24, 2.45) is 0 Å². The summed E-state index contributed by atoms with van der Waals surface area (Å²) < 4.78 is 97.6. The van der Waals surface area contributed by atoms with Gasteiger partial charge < -0.3 is 28.4 Å². The summed E-state index contributed by atoms with van der Waals surface area (Å²) in [6, 6.07) is 0. The Morgan fingerprint density at radius 3 is 1.09 bits per heavy atom. The van der Waals surface area contributed by atoms with Crippen LogP contribution < -0.4 is 4.74 Å². The minimum atomic E-state index is -2.34. The fourth-order valence-corrected chi connectivity index (χ4v) is 4.73. The maximum atomic E-state index is 13.5. The van der Waals surface area contributed by atoms with Gasteiger partial charge in [-0.25, -0.2) is 13.2 Å². The standard InChI is InChI=1S/C35H57F5O7/c1-2-3-4-5-6-7-8-9-10-11-12-13-14-15-16-17-19-42-21-23-44-25-27-46-28-26-45-24-22-43-20-18-29(41)47-35-33(39)31(37)30(36)32(38)34(35)40/h2-28H2,1H3. The summed E-state index contributed by atoms with van der Waals surface area (Å²) in [6.45, 7) is 5.76. The van der Waals surface area contributed by atoms with Gasteiger partial charge >= 0.3 is 5.97 Å². The molecule has 0 aromatic heterocycles. The highest BCUT2D eigenvalue weighted by Crippen LogP contribution is 2.29. The van der Waals surface area contributed by atoms with Crippen LogP contribution in [0.3, 0.4) is 0 Å². The fourth-order valence-electron chi connectivity index (χ4n) is 4.73. The van der Waals surface area contributed by atoms with E-state index in [1.807, 2.05) is 0 Å². The van der Waals surface area contributed by atoms with Crippen LogP contribution in [0, 0.1) is 29.1 Å². The third kappa shape index (κ3) is 22.4. The first-order valence-corrected chi connectivity index (χ1v) is 17.5. The minimum Gasteiger partial charge on any atom is -0.420 e. The Balaban J connectivity index is 1.76. The zero-order chi connectivity index (χ0) is 34.4. The van der Waals surface area contributed by atoms with E-state index in [2.05, 4.69) is 11.7 Å². The first kappa shape index (κ1) is 43.2. The number of hydrogen-bond acceptors (Lipinski definition) is 7. The molecule has 274 valence electrons. The quantitative estimate of drug-likeness (QED) is 0.0183. The van der Waals surface area contributed by atoms with Crippen molar-refractivity contribution in [1.82, 2.24) is 0 Å². The van der Waals surface area contributed by atoms with Crippen molar-refractivity contribution in [2.45, 2.75) is 116 Å². The first-order chi connectivity index (χ1) is 22.9. The molecule has 0 bridgehead atoms. The van der Waals surface area contributed by atoms with E-state index in [0.29, 0.717) is 39.6 Å². The largest absolute Gasteiger partial charge is 0.420 e. The average Bonchev–Trinajstić information content (AvgIpc) is 3.07. The second-order valence-electron chi connectivity index (χ2n) is 11.5. The van der Waals surface area contributed by atoms with Crippen molar-refractivity contribution in [3.8, 4) is 5.75 Å². The monoisotopic (exact) mass is 684 g/mol. The Kier molecular flexibility index (Phi) is 27.7. The Hall–Kier alpha value is -1.86. The summed E-state index contributed by atoms with van der Waals surface area (Å²) >= 11 is 0. The van der Waals surface area contributed by atoms with E-state index >= 15 is 0 Å². The van der Waals surface area contributed by atoms with Crippen molar-refractivity contribution >= 4 is 5.97 Å². The maximum absolute atomic E-state index is 13.5. The highest BCUT2D eigenvalue weighted by Gasteiger charge is 2.28. The van der Waals surface area contributed by atoms with Gasteiger partial charge in [-0.2, -0.15) is 8.78 Å². The van der Waals surface area contributed by atoms with E-state index in [1.165, 1.54) is 96.3 Å². The Bertz CT molecular complexity index is 894. The van der Waals surface area contributed by atoms with Crippen LogP contribution in [0.25, 0.3) is 0 Å². The number of rotatable bonds is 33. The second-order valence-corrected chi connectivity index (χ2v) is 11.5. The maximum Gasteiger partial charge on any atom is 0.313 e. The normalized spacial score (nSPS) is 11.4. The van der Waals surface area contributed by atoms with Crippen LogP contribution in [-0.4, -0.2) is 72.0 Å². The minimum absolute atomic E-state index is 0.109. The van der Waals surface area contributed by atoms with E-state index in [4.69, 9.17) is 23.7 Å². The van der Waals surface area contributed by atoms with Crippen molar-refractivity contribution in [3.63, 3.8) is 0 Å². The zero-order valence-corrected chi connectivity index (χ0v) is 28.3. The van der Waals surface area contributed by atoms with Crippen LogP contribution in [0.4, 0.5) is 22.0 Å². The first-order valence-electron chi connectivity index (χ1n) is 17.5. The van der Waals surface area contributed by atoms with Crippen molar-refractivity contribution in [1.29, 1.82) is 0 Å². The fraction of sp³-hybridized carbons (Fsp3) is 0.800. The average molecular weight is 685 g/mol. The molecule has 0 fully saturated rings. The van der Waals surface area contributed by atoms with Gasteiger partial charge in [-0.15, -0.1) is 0 Å². The second kappa shape index (κ2) is 30.2. The van der Waals surface area contributed by atoms with Gasteiger partial charge in [0.1, 0.15) is 0 Å². The van der Waals surface area contributed by atoms with Gasteiger partial charge in [-0.3, -0.25) is 4.79 Å². The molecule has 0 saturated carbocycles. The molecule has 0 radical (unpaired) electrons. The molecule has 0 heterocycles. The number of carbonyl (C=O) groups excluding carboxylic acids is 1. The molecular formula is C35H57F5O7. The number of carbonyl (C=O) groups is 1. The van der Waals surface area contributed by atoms with Crippen molar-refractivity contribution in [2.75, 3.05) is 66.1 Å². The number of hydrogen-bond donors (Lipinski definition) is 0. The molecule has 0 atom stereocenters. The molecule has 0 aliphatic carbocycles. The summed E-state index contributed by atoms with van der Waals surface area (Å²) in [5.41, 5.74) is 0. The van der Waals surface area contributed by atoms with Crippen LogP contribution in [0.1, 0.15) is 116 Å². The van der Waals surface area contributed by atoms with Crippen molar-refractivity contribution in [3.05, 3.63) is 29.1 Å². The van der Waals surface area contributed by atoms with Crippen LogP contribution in [-0.2, 0) is 28.5 Å². The van der Waals surface area contributed by atoms with E-state index < -0.39 is 47.2 Å². The van der Waals surface area contributed by atoms with Gasteiger partial charge in [0.15, 0.2) is 0 Å². The molecule has 0 amide bonds. The third-order valence-electron chi connectivity index (χ3n) is 7.47. The predicted octanol–water partition coefficient (Wildman–Crippen LogP) is 9.02. The van der Waals surface area contributed by atoms with E-state index in [1.54, 1.807) is 0 Å². The molecule has 0 N–H and O–H groups in total. The molecular weight excluding hydrogens is 627 g/mol. The van der Waals surface area contributed by atoms with E-state index in [0.717, 1.165) is 13.0 Å². The van der Waals surface area contributed by atoms with Crippen LogP contribution in [0.5, 0.6) is 5.75 Å². The summed E-state index contributed by atoms with van der Waals surface area (Å²) in [5, 5.41) is 0. The van der Waals surface area contributed by atoms with Gasteiger partial charge in [0.25, 0.3) is 0 Å². The number of esters is 1. The summed E-state index contributed by atoms with van der Waals surface area (Å²) in [5.74, 6) is -14.0. The molecule has 0 spiro atoms. The SMILES string of the molecule is CCCCCCCCCCCCCCCCCCOCCOCCOCCOCCOCCC(=O)Oc1c(F)c(F)c(F)c(F)c1F. The topological polar surface area (TPSA) is 72.5 Å². The number of benzene rings is 1. The van der Waals surface area contributed by atoms with Crippen LogP contribution in [0.2, 0.25) is 0 Å². The van der Waals surface area contributed by atoms with Gasteiger partial charge in [-0.05, 0) is 6.42 Å². The molecule has 0 unspecified atom stereocenters. The lowest BCUT2D eigenvalue weighted by atomic mass is 10.0. The van der Waals surface area contributed by atoms with Gasteiger partial charge in [-0.1, -0.05) is 103 Å². The van der Waals surface area contributed by atoms with E-state index in [9.17, 15) is 26.7 Å². The molecule has 7 nitrogen and oxygen atoms in total. The number of ether oxygens (including phenoxy) is 6. The highest BCUT2D eigenvalue weighted by molar-refractivity contribution is 5.72. The summed E-state index contributed by atoms with van der Waals surface area (Å²) in [6.07, 6.45) is 21.1. The molecule has 0 aliphatic heterocycles. The lowest BCUT2D eigenvalue weighted by molar-refractivity contribution is -0.136. The molecule has 0 aliphatic rings. The highest BCUT2D eigenvalue weighted by atomic mass is 19.2. The molecule has 0 saturated heterocycles.